The number of nitrogen functional groups attached to an aromatic ring is 1. The maximum absolute atomic E-state index is 5.88. The highest BCUT2D eigenvalue weighted by molar-refractivity contribution is 5.68. The molecule has 102 valence electrons. The van der Waals surface area contributed by atoms with Crippen molar-refractivity contribution in [3.05, 3.63) is 30.5 Å². The molecule has 20 heavy (non-hydrogen) atoms. The first-order valence-electron chi connectivity index (χ1n) is 5.95. The predicted octanol–water partition coefficient (Wildman–Crippen LogP) is 1.73. The van der Waals surface area contributed by atoms with Crippen molar-refractivity contribution in [1.82, 2.24) is 19.9 Å². The monoisotopic (exact) mass is 271 g/mol. The molecule has 0 saturated heterocycles. The number of hydrogen-bond donors (Lipinski definition) is 1. The van der Waals surface area contributed by atoms with Gasteiger partial charge in [0, 0.05) is 12.6 Å². The fourth-order valence-corrected chi connectivity index (χ4v) is 1.82. The van der Waals surface area contributed by atoms with Crippen molar-refractivity contribution < 1.29 is 9.26 Å². The smallest absolute Gasteiger partial charge is 0.263 e. The summed E-state index contributed by atoms with van der Waals surface area (Å²) in [5.41, 5.74) is 7.31. The second-order valence-corrected chi connectivity index (χ2v) is 4.22. The van der Waals surface area contributed by atoms with Crippen LogP contribution in [-0.2, 0) is 7.05 Å². The number of benzene rings is 1. The molecular weight excluding hydrogens is 258 g/mol. The van der Waals surface area contributed by atoms with E-state index in [2.05, 4.69) is 15.2 Å². The molecule has 0 aliphatic carbocycles. The average Bonchev–Trinajstić information content (AvgIpc) is 3.07. The van der Waals surface area contributed by atoms with Crippen molar-refractivity contribution in [2.24, 2.45) is 7.05 Å². The molecule has 0 aliphatic heterocycles. The van der Waals surface area contributed by atoms with Gasteiger partial charge in [-0.1, -0.05) is 17.3 Å². The summed E-state index contributed by atoms with van der Waals surface area (Å²) < 4.78 is 12.0. The lowest BCUT2D eigenvalue weighted by Gasteiger charge is -1.99. The Kier molecular flexibility index (Phi) is 2.86. The predicted molar refractivity (Wildman–Crippen MR) is 72.9 cm³/mol. The van der Waals surface area contributed by atoms with Gasteiger partial charge in [-0.25, -0.2) is 0 Å². The number of hydrogen-bond acceptors (Lipinski definition) is 6. The van der Waals surface area contributed by atoms with Gasteiger partial charge >= 0.3 is 0 Å². The summed E-state index contributed by atoms with van der Waals surface area (Å²) in [6.07, 6.45) is 1.60. The Morgan fingerprint density at radius 1 is 1.35 bits per heavy atom. The van der Waals surface area contributed by atoms with Crippen LogP contribution < -0.4 is 10.5 Å². The van der Waals surface area contributed by atoms with E-state index >= 15 is 0 Å². The van der Waals surface area contributed by atoms with Crippen molar-refractivity contribution in [1.29, 1.82) is 0 Å². The SMILES string of the molecule is COc1cccc(-c2noc(-c3cnn(C)c3N)n2)c1. The molecule has 7 nitrogen and oxygen atoms in total. The van der Waals surface area contributed by atoms with Gasteiger partial charge in [0.2, 0.25) is 5.82 Å². The van der Waals surface area contributed by atoms with E-state index in [1.165, 1.54) is 0 Å². The van der Waals surface area contributed by atoms with Gasteiger partial charge in [-0.2, -0.15) is 10.1 Å². The molecule has 2 aromatic heterocycles. The second-order valence-electron chi connectivity index (χ2n) is 4.22. The summed E-state index contributed by atoms with van der Waals surface area (Å²) in [6, 6.07) is 7.43. The molecule has 0 aliphatic rings. The molecule has 3 aromatic rings. The Balaban J connectivity index is 1.99. The second kappa shape index (κ2) is 4.69. The molecule has 7 heteroatoms. The first-order chi connectivity index (χ1) is 9.69. The quantitative estimate of drug-likeness (QED) is 0.779. The topological polar surface area (TPSA) is 92.0 Å². The van der Waals surface area contributed by atoms with Crippen LogP contribution in [0.15, 0.2) is 35.0 Å². The molecule has 2 N–H and O–H groups in total. The average molecular weight is 271 g/mol. The van der Waals surface area contributed by atoms with Gasteiger partial charge < -0.3 is 15.0 Å². The number of aromatic nitrogens is 4. The maximum Gasteiger partial charge on any atom is 0.263 e. The van der Waals surface area contributed by atoms with Crippen LogP contribution in [0.1, 0.15) is 0 Å². The van der Waals surface area contributed by atoms with Crippen molar-refractivity contribution in [2.75, 3.05) is 12.8 Å². The van der Waals surface area contributed by atoms with E-state index in [9.17, 15) is 0 Å². The maximum atomic E-state index is 5.88. The third kappa shape index (κ3) is 1.99. The molecular formula is C13H13N5O2. The van der Waals surface area contributed by atoms with E-state index in [0.29, 0.717) is 23.1 Å². The number of aryl methyl sites for hydroxylation is 1. The summed E-state index contributed by atoms with van der Waals surface area (Å²) in [5, 5.41) is 8.00. The molecule has 0 atom stereocenters. The lowest BCUT2D eigenvalue weighted by molar-refractivity contribution is 0.414. The van der Waals surface area contributed by atoms with Crippen LogP contribution in [0.2, 0.25) is 0 Å². The first kappa shape index (κ1) is 12.2. The zero-order valence-corrected chi connectivity index (χ0v) is 11.1. The summed E-state index contributed by atoms with van der Waals surface area (Å²) >= 11 is 0. The molecule has 3 rings (SSSR count). The molecule has 2 heterocycles. The third-order valence-electron chi connectivity index (χ3n) is 2.97. The number of nitrogens with zero attached hydrogens (tertiary/aromatic N) is 4. The van der Waals surface area contributed by atoms with Gasteiger partial charge in [0.25, 0.3) is 5.89 Å². The van der Waals surface area contributed by atoms with Gasteiger partial charge in [-0.3, -0.25) is 4.68 Å². The highest BCUT2D eigenvalue weighted by Gasteiger charge is 2.16. The van der Waals surface area contributed by atoms with Crippen LogP contribution in [-0.4, -0.2) is 27.0 Å². The minimum atomic E-state index is 0.341. The third-order valence-corrected chi connectivity index (χ3v) is 2.97. The Morgan fingerprint density at radius 3 is 2.90 bits per heavy atom. The van der Waals surface area contributed by atoms with Gasteiger partial charge in [0.1, 0.15) is 17.1 Å². The zero-order chi connectivity index (χ0) is 14.1. The highest BCUT2D eigenvalue weighted by atomic mass is 16.5. The van der Waals surface area contributed by atoms with E-state index < -0.39 is 0 Å². The van der Waals surface area contributed by atoms with E-state index in [1.54, 1.807) is 25.0 Å². The lowest BCUT2D eigenvalue weighted by atomic mass is 10.2. The highest BCUT2D eigenvalue weighted by Crippen LogP contribution is 2.27. The fraction of sp³-hybridized carbons (Fsp3) is 0.154. The normalized spacial score (nSPS) is 10.7. The fourth-order valence-electron chi connectivity index (χ4n) is 1.82. The van der Waals surface area contributed by atoms with Gasteiger partial charge in [-0.05, 0) is 12.1 Å². The Hall–Kier alpha value is -2.83. The molecule has 0 bridgehead atoms. The van der Waals surface area contributed by atoms with Gasteiger partial charge in [0.05, 0.1) is 13.3 Å². The summed E-state index contributed by atoms with van der Waals surface area (Å²) in [6.45, 7) is 0. The van der Waals surface area contributed by atoms with Crippen molar-refractivity contribution in [3.8, 4) is 28.6 Å². The molecule has 0 saturated carbocycles. The van der Waals surface area contributed by atoms with E-state index in [1.807, 2.05) is 24.3 Å². The van der Waals surface area contributed by atoms with Crippen molar-refractivity contribution in [2.45, 2.75) is 0 Å². The van der Waals surface area contributed by atoms with Crippen LogP contribution in [0.25, 0.3) is 22.8 Å². The Morgan fingerprint density at radius 2 is 2.20 bits per heavy atom. The molecule has 0 spiro atoms. The van der Waals surface area contributed by atoms with Gasteiger partial charge in [0.15, 0.2) is 0 Å². The van der Waals surface area contributed by atoms with Gasteiger partial charge in [-0.15, -0.1) is 0 Å². The summed E-state index contributed by atoms with van der Waals surface area (Å²) in [5.74, 6) is 2.02. The summed E-state index contributed by atoms with van der Waals surface area (Å²) in [4.78, 5) is 4.33. The van der Waals surface area contributed by atoms with Crippen molar-refractivity contribution >= 4 is 5.82 Å². The Labute approximate surface area is 115 Å². The first-order valence-corrected chi connectivity index (χ1v) is 5.95. The molecule has 0 unspecified atom stereocenters. The van der Waals surface area contributed by atoms with E-state index in [4.69, 9.17) is 15.0 Å². The minimum Gasteiger partial charge on any atom is -0.497 e. The molecule has 0 amide bonds. The number of methoxy groups -OCH3 is 1. The summed E-state index contributed by atoms with van der Waals surface area (Å²) in [7, 11) is 3.36. The minimum absolute atomic E-state index is 0.341. The van der Waals surface area contributed by atoms with Crippen molar-refractivity contribution in [3.63, 3.8) is 0 Å². The number of rotatable bonds is 3. The lowest BCUT2D eigenvalue weighted by Crippen LogP contribution is -1.98. The van der Waals surface area contributed by atoms with E-state index in [0.717, 1.165) is 11.3 Å². The van der Waals surface area contributed by atoms with E-state index in [-0.39, 0.29) is 0 Å². The zero-order valence-electron chi connectivity index (χ0n) is 11.1. The van der Waals surface area contributed by atoms with Crippen LogP contribution in [0.3, 0.4) is 0 Å². The Bertz CT molecular complexity index is 747. The number of anilines is 1. The molecule has 0 fully saturated rings. The van der Waals surface area contributed by atoms with Crippen LogP contribution in [0, 0.1) is 0 Å². The molecule has 1 aromatic carbocycles. The standard InChI is InChI=1S/C13H13N5O2/c1-18-11(14)10(7-15-18)13-16-12(17-20-13)8-4-3-5-9(6-8)19-2/h3-7H,14H2,1-2H3. The number of ether oxygens (including phenoxy) is 1. The van der Waals surface area contributed by atoms with Crippen LogP contribution in [0.4, 0.5) is 5.82 Å². The van der Waals surface area contributed by atoms with Crippen LogP contribution in [0.5, 0.6) is 5.75 Å². The van der Waals surface area contributed by atoms with Crippen LogP contribution >= 0.6 is 0 Å². The molecule has 0 radical (unpaired) electrons. The number of nitrogens with two attached hydrogens (primary N) is 1. The largest absolute Gasteiger partial charge is 0.497 e.